The van der Waals surface area contributed by atoms with Crippen LogP contribution in [-0.4, -0.2) is 28.0 Å². The molecule has 0 saturated carbocycles. The van der Waals surface area contributed by atoms with Gasteiger partial charge in [0.05, 0.1) is 0 Å². The van der Waals surface area contributed by atoms with Crippen LogP contribution >= 0.6 is 21.8 Å². The monoisotopic (exact) mass is 176 g/mol. The van der Waals surface area contributed by atoms with Crippen LogP contribution in [0.25, 0.3) is 0 Å². The molecule has 2 aliphatic heterocycles. The van der Waals surface area contributed by atoms with Crippen molar-refractivity contribution in [1.82, 2.24) is 9.62 Å². The third kappa shape index (κ3) is 0.791. The Morgan fingerprint density at radius 3 is 3.10 bits per heavy atom. The van der Waals surface area contributed by atoms with Gasteiger partial charge < -0.3 is 5.32 Å². The van der Waals surface area contributed by atoms with Crippen molar-refractivity contribution in [2.45, 2.75) is 5.37 Å². The molecule has 1 N–H and O–H groups in total. The Labute approximate surface area is 65.2 Å². The molecule has 0 aromatic rings. The van der Waals surface area contributed by atoms with Crippen molar-refractivity contribution in [1.29, 1.82) is 0 Å². The summed E-state index contributed by atoms with van der Waals surface area (Å²) in [6.07, 6.45) is 0. The van der Waals surface area contributed by atoms with Crippen LogP contribution in [0.4, 0.5) is 0 Å². The Balaban J connectivity index is 2.24. The second-order valence-electron chi connectivity index (χ2n) is 1.99. The number of nitrogens with zero attached hydrogens (tertiary/aromatic N) is 1. The van der Waals surface area contributed by atoms with Crippen LogP contribution < -0.4 is 5.32 Å². The van der Waals surface area contributed by atoms with Gasteiger partial charge in [-0.25, -0.2) is 0 Å². The Hall–Kier alpha value is -0.360. The third-order valence-electron chi connectivity index (χ3n) is 1.28. The largest absolute Gasteiger partial charge is 0.334 e. The van der Waals surface area contributed by atoms with E-state index in [9.17, 15) is 9.59 Å². The van der Waals surface area contributed by atoms with Crippen LogP contribution in [0, 0.1) is 0 Å². The molecule has 0 spiro atoms. The van der Waals surface area contributed by atoms with E-state index >= 15 is 0 Å². The van der Waals surface area contributed by atoms with Gasteiger partial charge in [-0.3, -0.25) is 13.9 Å². The summed E-state index contributed by atoms with van der Waals surface area (Å²) < 4.78 is 1.48. The number of fused-ring (bicyclic) bond motifs is 2. The van der Waals surface area contributed by atoms with Crippen molar-refractivity contribution >= 4 is 33.6 Å². The van der Waals surface area contributed by atoms with Gasteiger partial charge in [-0.15, -0.1) is 0 Å². The van der Waals surface area contributed by atoms with Crippen molar-refractivity contribution in [3.8, 4) is 0 Å². The molecule has 0 radical (unpaired) electrons. The quantitative estimate of drug-likeness (QED) is 0.402. The average Bonchev–Trinajstić information content (AvgIpc) is 2.20. The van der Waals surface area contributed by atoms with Crippen molar-refractivity contribution in [2.75, 3.05) is 6.54 Å². The first kappa shape index (κ1) is 6.36. The molecule has 2 amide bonds. The minimum atomic E-state index is -0.328. The zero-order valence-corrected chi connectivity index (χ0v) is 6.50. The van der Waals surface area contributed by atoms with Crippen molar-refractivity contribution in [3.63, 3.8) is 0 Å². The van der Waals surface area contributed by atoms with Crippen molar-refractivity contribution in [2.24, 2.45) is 0 Å². The molecule has 0 aromatic carbocycles. The van der Waals surface area contributed by atoms with Gasteiger partial charge in [-0.05, 0) is 10.8 Å². The number of carbonyl (C=O) groups is 2. The Bertz CT molecular complexity index is 189. The van der Waals surface area contributed by atoms with E-state index in [4.69, 9.17) is 0 Å². The number of amides is 2. The minimum absolute atomic E-state index is 0.00889. The molecule has 0 aromatic heterocycles. The molecule has 10 heavy (non-hydrogen) atoms. The van der Waals surface area contributed by atoms with Gasteiger partial charge >= 0.3 is 0 Å². The van der Waals surface area contributed by atoms with E-state index < -0.39 is 0 Å². The summed E-state index contributed by atoms with van der Waals surface area (Å²) in [5.74, 6) is -0.0586. The second-order valence-corrected chi connectivity index (χ2v) is 4.27. The number of hydrogen-bond donors (Lipinski definition) is 1. The first-order valence-electron chi connectivity index (χ1n) is 2.71. The zero-order valence-electron chi connectivity index (χ0n) is 4.86. The first-order valence-corrected chi connectivity index (χ1v) is 4.88. The van der Waals surface area contributed by atoms with Gasteiger partial charge in [0, 0.05) is 11.0 Å². The molecule has 2 heterocycles. The fourth-order valence-electron chi connectivity index (χ4n) is 0.816. The van der Waals surface area contributed by atoms with Gasteiger partial charge in [-0.1, -0.05) is 0 Å². The maximum Gasteiger partial charge on any atom is 0.267 e. The lowest BCUT2D eigenvalue weighted by Gasteiger charge is -2.18. The summed E-state index contributed by atoms with van der Waals surface area (Å²) in [5, 5.41) is 2.24. The van der Waals surface area contributed by atoms with E-state index in [-0.39, 0.29) is 23.7 Å². The molecule has 0 aliphatic carbocycles. The molecular formula is C4H4N2O2S2. The van der Waals surface area contributed by atoms with E-state index in [1.165, 1.54) is 26.1 Å². The SMILES string of the molecule is O=C1CN2SSC(N1)C2=O. The molecule has 6 heteroatoms. The topological polar surface area (TPSA) is 49.4 Å². The highest BCUT2D eigenvalue weighted by molar-refractivity contribution is 8.77. The highest BCUT2D eigenvalue weighted by Crippen LogP contribution is 2.39. The lowest BCUT2D eigenvalue weighted by Crippen LogP contribution is -2.49. The summed E-state index contributed by atoms with van der Waals surface area (Å²) in [4.78, 5) is 21.7. The normalized spacial score (nSPS) is 30.8. The number of nitrogens with one attached hydrogen (secondary N) is 1. The van der Waals surface area contributed by atoms with Crippen molar-refractivity contribution in [3.05, 3.63) is 0 Å². The standard InChI is InChI=1S/C4H4N2O2S2/c7-2-1-6-4(8)3(5-2)9-10-6/h3H,1H2,(H,5,7). The number of carbonyl (C=O) groups excluding carboxylic acids is 2. The van der Waals surface area contributed by atoms with E-state index in [1.807, 2.05) is 0 Å². The van der Waals surface area contributed by atoms with Crippen LogP contribution in [0.2, 0.25) is 0 Å². The molecule has 2 rings (SSSR count). The maximum atomic E-state index is 11.0. The van der Waals surface area contributed by atoms with Gasteiger partial charge in [-0.2, -0.15) is 0 Å². The molecule has 2 aliphatic rings. The fourth-order valence-corrected chi connectivity index (χ4v) is 3.15. The number of hydrogen-bond acceptors (Lipinski definition) is 4. The lowest BCUT2D eigenvalue weighted by molar-refractivity contribution is -0.136. The molecule has 1 unspecified atom stereocenters. The average molecular weight is 176 g/mol. The predicted molar refractivity (Wildman–Crippen MR) is 38.8 cm³/mol. The zero-order chi connectivity index (χ0) is 7.14. The molecule has 54 valence electrons. The molecule has 2 saturated heterocycles. The molecule has 2 fully saturated rings. The van der Waals surface area contributed by atoms with Gasteiger partial charge in [0.2, 0.25) is 5.91 Å². The van der Waals surface area contributed by atoms with Crippen LogP contribution in [-0.2, 0) is 9.59 Å². The number of rotatable bonds is 0. The minimum Gasteiger partial charge on any atom is -0.334 e. The van der Waals surface area contributed by atoms with Crippen molar-refractivity contribution < 1.29 is 9.59 Å². The van der Waals surface area contributed by atoms with E-state index in [0.717, 1.165) is 0 Å². The van der Waals surface area contributed by atoms with Crippen LogP contribution in [0.5, 0.6) is 0 Å². The fraction of sp³-hybridized carbons (Fsp3) is 0.500. The molecule has 2 bridgehead atoms. The number of piperazine rings is 1. The second kappa shape index (κ2) is 2.06. The summed E-state index contributed by atoms with van der Waals surface area (Å²) in [6.45, 7) is 0.201. The van der Waals surface area contributed by atoms with Gasteiger partial charge in [0.25, 0.3) is 5.91 Å². The smallest absolute Gasteiger partial charge is 0.267 e. The highest BCUT2D eigenvalue weighted by Gasteiger charge is 2.40. The molecule has 4 nitrogen and oxygen atoms in total. The first-order chi connectivity index (χ1) is 4.77. The lowest BCUT2D eigenvalue weighted by atomic mass is 10.4. The molecular weight excluding hydrogens is 172 g/mol. The highest BCUT2D eigenvalue weighted by atomic mass is 33.1. The van der Waals surface area contributed by atoms with Crippen LogP contribution in [0.15, 0.2) is 0 Å². The predicted octanol–water partition coefficient (Wildman–Crippen LogP) is -0.419. The summed E-state index contributed by atoms with van der Waals surface area (Å²) in [7, 11) is 2.73. The van der Waals surface area contributed by atoms with Crippen LogP contribution in [0.1, 0.15) is 0 Å². The summed E-state index contributed by atoms with van der Waals surface area (Å²) >= 11 is 0. The summed E-state index contributed by atoms with van der Waals surface area (Å²) in [5.41, 5.74) is 0. The Morgan fingerprint density at radius 2 is 2.40 bits per heavy atom. The third-order valence-corrected chi connectivity index (χ3v) is 3.74. The van der Waals surface area contributed by atoms with E-state index in [2.05, 4.69) is 5.32 Å². The van der Waals surface area contributed by atoms with E-state index in [0.29, 0.717) is 0 Å². The summed E-state index contributed by atoms with van der Waals surface area (Å²) in [6, 6.07) is 0. The van der Waals surface area contributed by atoms with Crippen LogP contribution in [0.3, 0.4) is 0 Å². The maximum absolute atomic E-state index is 11.0. The Kier molecular flexibility index (Phi) is 1.31. The van der Waals surface area contributed by atoms with Gasteiger partial charge in [0.1, 0.15) is 6.54 Å². The Morgan fingerprint density at radius 1 is 1.60 bits per heavy atom. The molecule has 1 atom stereocenters. The van der Waals surface area contributed by atoms with Gasteiger partial charge in [0.15, 0.2) is 5.37 Å². The van der Waals surface area contributed by atoms with E-state index in [1.54, 1.807) is 0 Å².